The zero-order chi connectivity index (χ0) is 24.4. The van der Waals surface area contributed by atoms with Crippen LogP contribution in [-0.4, -0.2) is 83.6 Å². The molecule has 3 aromatic rings. The second kappa shape index (κ2) is 10.6. The molecule has 35 heavy (non-hydrogen) atoms. The van der Waals surface area contributed by atoms with E-state index in [0.717, 1.165) is 18.6 Å². The Morgan fingerprint density at radius 2 is 1.97 bits per heavy atom. The van der Waals surface area contributed by atoms with Crippen molar-refractivity contribution in [1.29, 1.82) is 0 Å². The molecule has 1 fully saturated rings. The number of anilines is 1. The lowest BCUT2D eigenvalue weighted by Gasteiger charge is -2.32. The summed E-state index contributed by atoms with van der Waals surface area (Å²) in [4.78, 5) is 9.44. The van der Waals surface area contributed by atoms with E-state index in [1.54, 1.807) is 23.9 Å². The molecule has 1 saturated carbocycles. The zero-order valence-corrected chi connectivity index (χ0v) is 20.3. The zero-order valence-electron chi connectivity index (χ0n) is 19.4. The third-order valence-electron chi connectivity index (χ3n) is 6.30. The fraction of sp³-hybridized carbons (Fsp3) is 0.500. The van der Waals surface area contributed by atoms with Crippen LogP contribution in [0, 0.1) is 0 Å². The summed E-state index contributed by atoms with van der Waals surface area (Å²) in [6.45, 7) is 2.01. The number of rotatable bonds is 10. The van der Waals surface area contributed by atoms with Crippen LogP contribution in [0.1, 0.15) is 37.3 Å². The molecule has 10 nitrogen and oxygen atoms in total. The molecule has 0 spiro atoms. The molecule has 186 valence electrons. The maximum absolute atomic E-state index is 10.8. The number of ether oxygens (including phenoxy) is 1. The molecule has 0 bridgehead atoms. The Morgan fingerprint density at radius 3 is 2.74 bits per heavy atom. The van der Waals surface area contributed by atoms with Gasteiger partial charge in [0.15, 0.2) is 22.1 Å². The number of thioether (sulfide) groups is 1. The summed E-state index contributed by atoms with van der Waals surface area (Å²) >= 11 is 1.56. The fourth-order valence-electron chi connectivity index (χ4n) is 4.38. The molecule has 6 atom stereocenters. The van der Waals surface area contributed by atoms with Gasteiger partial charge in [-0.25, -0.2) is 14.6 Å². The van der Waals surface area contributed by atoms with E-state index in [2.05, 4.69) is 46.8 Å². The molecular weight excluding hydrogens is 468 g/mol. The topological polar surface area (TPSA) is 138 Å². The van der Waals surface area contributed by atoms with Crippen molar-refractivity contribution in [1.82, 2.24) is 25.0 Å². The molecule has 0 amide bonds. The number of nitrogens with zero attached hydrogens (tertiary/aromatic N) is 5. The van der Waals surface area contributed by atoms with Gasteiger partial charge >= 0.3 is 0 Å². The summed E-state index contributed by atoms with van der Waals surface area (Å²) in [6.07, 6.45) is 2.32. The molecule has 0 aliphatic heterocycles. The molecule has 5 rings (SSSR count). The van der Waals surface area contributed by atoms with Gasteiger partial charge in [0, 0.05) is 17.7 Å². The number of hydrogen-bond donors (Lipinski definition) is 4. The second-order valence-corrected chi connectivity index (χ2v) is 9.89. The normalized spacial score (nSPS) is 27.9. The summed E-state index contributed by atoms with van der Waals surface area (Å²) in [6, 6.07) is 9.97. The molecule has 0 unspecified atom stereocenters. The van der Waals surface area contributed by atoms with Gasteiger partial charge in [-0.3, -0.25) is 0 Å². The van der Waals surface area contributed by atoms with Gasteiger partial charge in [-0.2, -0.15) is 0 Å². The van der Waals surface area contributed by atoms with Gasteiger partial charge in [0.05, 0.1) is 13.2 Å². The summed E-state index contributed by atoms with van der Waals surface area (Å²) in [5, 5.41) is 43.2. The number of aliphatic hydroxyl groups excluding tert-OH is 3. The van der Waals surface area contributed by atoms with E-state index in [1.807, 2.05) is 6.07 Å². The van der Waals surface area contributed by atoms with E-state index in [1.165, 1.54) is 10.2 Å². The van der Waals surface area contributed by atoms with Crippen molar-refractivity contribution in [3.05, 3.63) is 48.0 Å². The monoisotopic (exact) mass is 498 g/mol. The predicted molar refractivity (Wildman–Crippen MR) is 132 cm³/mol. The van der Waals surface area contributed by atoms with E-state index in [-0.39, 0.29) is 19.3 Å². The van der Waals surface area contributed by atoms with Gasteiger partial charge in [-0.15, -0.1) is 5.10 Å². The highest BCUT2D eigenvalue weighted by atomic mass is 32.2. The highest BCUT2D eigenvalue weighted by Crippen LogP contribution is 2.43. The van der Waals surface area contributed by atoms with Crippen LogP contribution in [0.2, 0.25) is 0 Å². The van der Waals surface area contributed by atoms with Crippen molar-refractivity contribution >= 4 is 28.7 Å². The lowest BCUT2D eigenvalue weighted by atomic mass is 9.94. The van der Waals surface area contributed by atoms with Gasteiger partial charge in [-0.05, 0) is 18.4 Å². The minimum absolute atomic E-state index is 0.0706. The number of fused-ring (bicyclic) bond motifs is 1. The highest BCUT2D eigenvalue weighted by molar-refractivity contribution is 7.99. The maximum Gasteiger partial charge on any atom is 0.191 e. The smallest absolute Gasteiger partial charge is 0.191 e. The second-order valence-electron chi connectivity index (χ2n) is 8.83. The fourth-order valence-corrected chi connectivity index (χ4v) is 5.08. The lowest BCUT2D eigenvalue weighted by Crippen LogP contribution is -2.46. The Morgan fingerprint density at radius 1 is 1.14 bits per heavy atom. The SMILES string of the molecule is CCCSc1nc(N[C@@H]2C[C@H]2c2ccccc2)c2nnn([C@@H]3C=C[C@H](OCCO)[C@@H](O)[C@H]3O)c2n1. The molecule has 1 aromatic carbocycles. The molecular formula is C24H30N6O4S. The molecule has 2 heterocycles. The highest BCUT2D eigenvalue weighted by Gasteiger charge is 2.40. The first kappa shape index (κ1) is 24.1. The van der Waals surface area contributed by atoms with E-state index >= 15 is 0 Å². The third-order valence-corrected chi connectivity index (χ3v) is 7.35. The summed E-state index contributed by atoms with van der Waals surface area (Å²) in [5.74, 6) is 1.91. The van der Waals surface area contributed by atoms with Crippen LogP contribution in [0.3, 0.4) is 0 Å². The van der Waals surface area contributed by atoms with E-state index in [4.69, 9.17) is 19.8 Å². The summed E-state index contributed by atoms with van der Waals surface area (Å²) < 4.78 is 6.95. The minimum atomic E-state index is -1.18. The van der Waals surface area contributed by atoms with Crippen LogP contribution in [0.5, 0.6) is 0 Å². The Bertz CT molecular complexity index is 1180. The van der Waals surface area contributed by atoms with Gasteiger partial charge in [-0.1, -0.05) is 66.4 Å². The molecule has 2 aromatic heterocycles. The van der Waals surface area contributed by atoms with Crippen LogP contribution < -0.4 is 5.32 Å². The standard InChI is InChI=1S/C24H30N6O4S/c1-2-12-35-24-26-22(25-16-13-15(16)14-6-4-3-5-7-14)19-23(27-24)30(29-28-19)17-8-9-18(34-11-10-31)21(33)20(17)32/h3-9,15-18,20-21,31-33H,2,10-13H2,1H3,(H,25,26,27)/t15-,16+,17+,18-,20-,21+/m0/s1. The van der Waals surface area contributed by atoms with Gasteiger partial charge in [0.1, 0.15) is 24.4 Å². The van der Waals surface area contributed by atoms with Crippen molar-refractivity contribution < 1.29 is 20.1 Å². The quantitative estimate of drug-likeness (QED) is 0.186. The van der Waals surface area contributed by atoms with Gasteiger partial charge in [0.25, 0.3) is 0 Å². The molecule has 11 heteroatoms. The number of aliphatic hydroxyl groups is 3. The Hall–Kier alpha value is -2.57. The van der Waals surface area contributed by atoms with Crippen molar-refractivity contribution in [2.75, 3.05) is 24.3 Å². The Balaban J connectivity index is 1.44. The molecule has 2 aliphatic carbocycles. The lowest BCUT2D eigenvalue weighted by molar-refractivity contribution is -0.0924. The number of hydrogen-bond acceptors (Lipinski definition) is 10. The largest absolute Gasteiger partial charge is 0.394 e. The van der Waals surface area contributed by atoms with Crippen molar-refractivity contribution in [3.63, 3.8) is 0 Å². The number of benzene rings is 1. The van der Waals surface area contributed by atoms with E-state index in [0.29, 0.717) is 28.1 Å². The van der Waals surface area contributed by atoms with E-state index in [9.17, 15) is 10.2 Å². The van der Waals surface area contributed by atoms with Crippen molar-refractivity contribution in [3.8, 4) is 0 Å². The minimum Gasteiger partial charge on any atom is -0.394 e. The third kappa shape index (κ3) is 5.05. The molecule has 0 saturated heterocycles. The first-order valence-electron chi connectivity index (χ1n) is 11.9. The van der Waals surface area contributed by atoms with Crippen LogP contribution in [0.25, 0.3) is 11.2 Å². The Kier molecular flexibility index (Phi) is 7.30. The van der Waals surface area contributed by atoms with Crippen molar-refractivity contribution in [2.45, 2.75) is 61.2 Å². The maximum atomic E-state index is 10.8. The summed E-state index contributed by atoms with van der Waals surface area (Å²) in [7, 11) is 0. The summed E-state index contributed by atoms with van der Waals surface area (Å²) in [5.41, 5.74) is 2.31. The van der Waals surface area contributed by atoms with Crippen LogP contribution in [0.15, 0.2) is 47.6 Å². The molecule has 0 radical (unpaired) electrons. The Labute approximate surface area is 207 Å². The van der Waals surface area contributed by atoms with Crippen LogP contribution in [0.4, 0.5) is 5.82 Å². The number of aromatic nitrogens is 5. The molecule has 2 aliphatic rings. The molecule has 4 N–H and O–H groups in total. The first-order valence-corrected chi connectivity index (χ1v) is 12.9. The van der Waals surface area contributed by atoms with Crippen LogP contribution >= 0.6 is 11.8 Å². The number of nitrogens with one attached hydrogen (secondary N) is 1. The average Bonchev–Trinajstić information content (AvgIpc) is 3.52. The van der Waals surface area contributed by atoms with Crippen LogP contribution in [-0.2, 0) is 4.74 Å². The first-order chi connectivity index (χ1) is 17.1. The predicted octanol–water partition coefficient (Wildman–Crippen LogP) is 1.90. The van der Waals surface area contributed by atoms with Gasteiger partial charge in [0.2, 0.25) is 0 Å². The average molecular weight is 499 g/mol. The van der Waals surface area contributed by atoms with E-state index < -0.39 is 24.4 Å². The van der Waals surface area contributed by atoms with Gasteiger partial charge < -0.3 is 25.4 Å². The van der Waals surface area contributed by atoms with Crippen molar-refractivity contribution in [2.24, 2.45) is 0 Å².